The fourth-order valence-electron chi connectivity index (χ4n) is 2.61. The van der Waals surface area contributed by atoms with Gasteiger partial charge in [0.05, 0.1) is 5.39 Å². The van der Waals surface area contributed by atoms with Crippen molar-refractivity contribution < 1.29 is 0 Å². The summed E-state index contributed by atoms with van der Waals surface area (Å²) in [6, 6.07) is 2.68. The second-order valence-corrected chi connectivity index (χ2v) is 5.77. The van der Waals surface area contributed by atoms with E-state index < -0.39 is 0 Å². The van der Waals surface area contributed by atoms with Gasteiger partial charge in [-0.05, 0) is 30.2 Å². The lowest BCUT2D eigenvalue weighted by Gasteiger charge is -2.30. The Morgan fingerprint density at radius 1 is 1.29 bits per heavy atom. The molecule has 2 aromatic heterocycles. The highest BCUT2D eigenvalue weighted by Gasteiger charge is 2.22. The van der Waals surface area contributed by atoms with E-state index in [1.807, 2.05) is 0 Å². The number of nitrogens with zero attached hydrogens (tertiary/aromatic N) is 2. The molecule has 1 saturated carbocycles. The second-order valence-electron chi connectivity index (χ2n) is 4.87. The highest BCUT2D eigenvalue weighted by molar-refractivity contribution is 7.16. The summed E-state index contributed by atoms with van der Waals surface area (Å²) in [5.74, 6) is 1.75. The van der Waals surface area contributed by atoms with Crippen LogP contribution in [0.5, 0.6) is 0 Å². The first-order valence-electron chi connectivity index (χ1n) is 6.29. The maximum Gasteiger partial charge on any atom is 0.138 e. The molecule has 0 amide bonds. The van der Waals surface area contributed by atoms with Crippen LogP contribution in [-0.2, 0) is 0 Å². The lowest BCUT2D eigenvalue weighted by molar-refractivity contribution is 0.349. The Hall–Kier alpha value is -1.16. The summed E-state index contributed by atoms with van der Waals surface area (Å²) in [6.45, 7) is 2.34. The fraction of sp³-hybridized carbons (Fsp3) is 0.538. The molecule has 1 aliphatic carbocycles. The van der Waals surface area contributed by atoms with Crippen LogP contribution < -0.4 is 5.32 Å². The number of aromatic nitrogens is 2. The van der Waals surface area contributed by atoms with Crippen molar-refractivity contribution in [3.8, 4) is 0 Å². The summed E-state index contributed by atoms with van der Waals surface area (Å²) in [6.07, 6.45) is 6.96. The van der Waals surface area contributed by atoms with Crippen molar-refractivity contribution >= 4 is 27.4 Å². The van der Waals surface area contributed by atoms with Crippen LogP contribution in [0, 0.1) is 5.92 Å². The monoisotopic (exact) mass is 247 g/mol. The third-order valence-corrected chi connectivity index (χ3v) is 4.52. The zero-order valence-corrected chi connectivity index (χ0v) is 10.8. The zero-order valence-electron chi connectivity index (χ0n) is 10.0. The molecule has 0 aromatic carbocycles. The molecule has 1 aliphatic rings. The molecule has 90 valence electrons. The van der Waals surface area contributed by atoms with E-state index in [0.717, 1.165) is 22.0 Å². The molecule has 17 heavy (non-hydrogen) atoms. The molecule has 1 fully saturated rings. The van der Waals surface area contributed by atoms with E-state index >= 15 is 0 Å². The molecule has 0 unspecified atom stereocenters. The van der Waals surface area contributed by atoms with Gasteiger partial charge in [0.2, 0.25) is 0 Å². The van der Waals surface area contributed by atoms with Gasteiger partial charge in [0.15, 0.2) is 0 Å². The molecule has 0 aliphatic heterocycles. The molecule has 3 nitrogen and oxygen atoms in total. The molecular formula is C13H17N3S. The van der Waals surface area contributed by atoms with E-state index in [-0.39, 0.29) is 0 Å². The molecule has 2 heterocycles. The van der Waals surface area contributed by atoms with E-state index in [0.29, 0.717) is 6.04 Å². The molecular weight excluding hydrogens is 230 g/mol. The van der Waals surface area contributed by atoms with Crippen LogP contribution in [0.1, 0.15) is 32.6 Å². The maximum absolute atomic E-state index is 4.39. The summed E-state index contributed by atoms with van der Waals surface area (Å²) in [7, 11) is 0. The molecule has 0 spiro atoms. The summed E-state index contributed by atoms with van der Waals surface area (Å²) in [5, 5.41) is 6.86. The Morgan fingerprint density at radius 3 is 3.06 bits per heavy atom. The summed E-state index contributed by atoms with van der Waals surface area (Å²) in [5.41, 5.74) is 0. The standard InChI is InChI=1S/C13H17N3S/c1-9-4-2-3-5-11(9)16-12-10-6-7-17-13(10)15-8-14-12/h6-9,11H,2-5H2,1H3,(H,14,15,16)/t9-,11+/m0/s1. The maximum atomic E-state index is 4.39. The van der Waals surface area contributed by atoms with Crippen molar-refractivity contribution in [2.45, 2.75) is 38.6 Å². The lowest BCUT2D eigenvalue weighted by atomic mass is 9.86. The van der Waals surface area contributed by atoms with E-state index in [2.05, 4.69) is 33.7 Å². The largest absolute Gasteiger partial charge is 0.366 e. The van der Waals surface area contributed by atoms with Gasteiger partial charge in [-0.15, -0.1) is 11.3 Å². The number of nitrogens with one attached hydrogen (secondary N) is 1. The van der Waals surface area contributed by atoms with Crippen molar-refractivity contribution in [2.75, 3.05) is 5.32 Å². The molecule has 2 aromatic rings. The van der Waals surface area contributed by atoms with Crippen molar-refractivity contribution in [3.63, 3.8) is 0 Å². The number of thiophene rings is 1. The predicted octanol–water partition coefficient (Wildman–Crippen LogP) is 3.68. The van der Waals surface area contributed by atoms with Crippen LogP contribution in [0.25, 0.3) is 10.2 Å². The second kappa shape index (κ2) is 4.61. The minimum absolute atomic E-state index is 0.571. The van der Waals surface area contributed by atoms with Crippen LogP contribution in [-0.4, -0.2) is 16.0 Å². The van der Waals surface area contributed by atoms with Crippen molar-refractivity contribution in [3.05, 3.63) is 17.8 Å². The van der Waals surface area contributed by atoms with Crippen LogP contribution >= 0.6 is 11.3 Å². The summed E-state index contributed by atoms with van der Waals surface area (Å²) < 4.78 is 0. The molecule has 0 bridgehead atoms. The van der Waals surface area contributed by atoms with E-state index in [4.69, 9.17) is 0 Å². The SMILES string of the molecule is C[C@H]1CCCC[C@H]1Nc1ncnc2sccc12. The van der Waals surface area contributed by atoms with Crippen molar-refractivity contribution in [1.29, 1.82) is 0 Å². The molecule has 4 heteroatoms. The zero-order chi connectivity index (χ0) is 11.7. The Balaban J connectivity index is 1.86. The Morgan fingerprint density at radius 2 is 2.18 bits per heavy atom. The van der Waals surface area contributed by atoms with E-state index in [9.17, 15) is 0 Å². The Labute approximate surface area is 105 Å². The topological polar surface area (TPSA) is 37.8 Å². The highest BCUT2D eigenvalue weighted by atomic mass is 32.1. The normalized spacial score (nSPS) is 25.0. The smallest absolute Gasteiger partial charge is 0.138 e. The number of hydrogen-bond donors (Lipinski definition) is 1. The number of rotatable bonds is 2. The minimum Gasteiger partial charge on any atom is -0.366 e. The first kappa shape index (κ1) is 11.0. The number of fused-ring (bicyclic) bond motifs is 1. The Kier molecular flexibility index (Phi) is 2.97. The number of anilines is 1. The highest BCUT2D eigenvalue weighted by Crippen LogP contribution is 2.29. The first-order chi connectivity index (χ1) is 8.34. The predicted molar refractivity (Wildman–Crippen MR) is 72.5 cm³/mol. The van der Waals surface area contributed by atoms with Gasteiger partial charge in [-0.2, -0.15) is 0 Å². The van der Waals surface area contributed by atoms with Crippen LogP contribution in [0.15, 0.2) is 17.8 Å². The average Bonchev–Trinajstić information content (AvgIpc) is 2.81. The summed E-state index contributed by atoms with van der Waals surface area (Å²) in [4.78, 5) is 9.75. The van der Waals surface area contributed by atoms with Crippen molar-refractivity contribution in [2.24, 2.45) is 5.92 Å². The van der Waals surface area contributed by atoms with Gasteiger partial charge in [-0.25, -0.2) is 9.97 Å². The van der Waals surface area contributed by atoms with Crippen LogP contribution in [0.4, 0.5) is 5.82 Å². The van der Waals surface area contributed by atoms with Gasteiger partial charge < -0.3 is 5.32 Å². The minimum atomic E-state index is 0.571. The lowest BCUT2D eigenvalue weighted by Crippen LogP contribution is -2.30. The van der Waals surface area contributed by atoms with Crippen LogP contribution in [0.2, 0.25) is 0 Å². The van der Waals surface area contributed by atoms with Gasteiger partial charge in [-0.3, -0.25) is 0 Å². The molecule has 2 atom stereocenters. The molecule has 1 N–H and O–H groups in total. The van der Waals surface area contributed by atoms with Gasteiger partial charge in [0, 0.05) is 6.04 Å². The average molecular weight is 247 g/mol. The molecule has 3 rings (SSSR count). The third kappa shape index (κ3) is 2.14. The van der Waals surface area contributed by atoms with Crippen LogP contribution in [0.3, 0.4) is 0 Å². The van der Waals surface area contributed by atoms with Gasteiger partial charge in [0.1, 0.15) is 17.0 Å². The fourth-order valence-corrected chi connectivity index (χ4v) is 3.34. The first-order valence-corrected chi connectivity index (χ1v) is 7.17. The van der Waals surface area contributed by atoms with Crippen molar-refractivity contribution in [1.82, 2.24) is 9.97 Å². The van der Waals surface area contributed by atoms with Gasteiger partial charge in [0.25, 0.3) is 0 Å². The third-order valence-electron chi connectivity index (χ3n) is 3.70. The Bertz CT molecular complexity index is 508. The molecule has 0 saturated heterocycles. The van der Waals surface area contributed by atoms with E-state index in [1.165, 1.54) is 25.7 Å². The van der Waals surface area contributed by atoms with E-state index in [1.54, 1.807) is 17.7 Å². The quantitative estimate of drug-likeness (QED) is 0.879. The van der Waals surface area contributed by atoms with Gasteiger partial charge >= 0.3 is 0 Å². The summed E-state index contributed by atoms with van der Waals surface area (Å²) >= 11 is 1.67. The molecule has 0 radical (unpaired) electrons. The number of hydrogen-bond acceptors (Lipinski definition) is 4. The van der Waals surface area contributed by atoms with Gasteiger partial charge in [-0.1, -0.05) is 19.8 Å².